The molecule has 0 amide bonds. The lowest BCUT2D eigenvalue weighted by Crippen LogP contribution is -2.05. The first kappa shape index (κ1) is 29.7. The van der Waals surface area contributed by atoms with Gasteiger partial charge in [0, 0.05) is 33.4 Å². The van der Waals surface area contributed by atoms with Gasteiger partial charge >= 0.3 is 0 Å². The highest BCUT2D eigenvalue weighted by Crippen LogP contribution is 2.55. The fraction of sp³-hybridized carbons (Fsp3) is 0. The van der Waals surface area contributed by atoms with Gasteiger partial charge in [-0.1, -0.05) is 0 Å². The molecule has 0 saturated carbocycles. The van der Waals surface area contributed by atoms with Crippen LogP contribution in [-0.2, 0) is 0 Å². The number of fused-ring (bicyclic) bond motifs is 2. The van der Waals surface area contributed by atoms with Crippen molar-refractivity contribution in [2.75, 3.05) is 0 Å². The van der Waals surface area contributed by atoms with Crippen LogP contribution in [0.4, 0.5) is 17.6 Å². The summed E-state index contributed by atoms with van der Waals surface area (Å²) >= 11 is 0. The van der Waals surface area contributed by atoms with Crippen molar-refractivity contribution < 1.29 is 17.6 Å². The lowest BCUT2D eigenvalue weighted by Gasteiger charge is -2.15. The summed E-state index contributed by atoms with van der Waals surface area (Å²) in [6, 6.07) is 18.2. The second-order valence-corrected chi connectivity index (χ2v) is 9.47. The molecule has 0 aromatic heterocycles. The highest BCUT2D eigenvalue weighted by molar-refractivity contribution is 6.18. The molecule has 0 bridgehead atoms. The zero-order valence-electron chi connectivity index (χ0n) is 22.6. The highest BCUT2D eigenvalue weighted by atomic mass is 19.1. The Morgan fingerprint density at radius 1 is 0.522 bits per heavy atom. The maximum absolute atomic E-state index is 16.6. The van der Waals surface area contributed by atoms with Gasteiger partial charge in [0.05, 0.1) is 69.8 Å². The van der Waals surface area contributed by atoms with Gasteiger partial charge in [-0.3, -0.25) is 0 Å². The summed E-state index contributed by atoms with van der Waals surface area (Å²) in [6.45, 7) is 7.73. The molecule has 0 atom stereocenters. The van der Waals surface area contributed by atoms with Crippen LogP contribution in [0.25, 0.3) is 38.4 Å². The van der Waals surface area contributed by atoms with Gasteiger partial charge in [0.2, 0.25) is 5.70 Å². The second kappa shape index (κ2) is 11.2. The van der Waals surface area contributed by atoms with Crippen molar-refractivity contribution in [2.24, 2.45) is 0 Å². The smallest absolute Gasteiger partial charge is 0.205 e. The molecule has 2 aliphatic rings. The normalized spacial score (nSPS) is 14.7. The van der Waals surface area contributed by atoms with Crippen LogP contribution >= 0.6 is 0 Å². The first-order chi connectivity index (χ1) is 22.1. The average Bonchev–Trinajstić information content (AvgIpc) is 3.54. The lowest BCUT2D eigenvalue weighted by atomic mass is 9.89. The van der Waals surface area contributed by atoms with Crippen molar-refractivity contribution in [1.29, 1.82) is 36.8 Å². The number of hydrogen-bond acceptors (Lipinski definition) is 7. The summed E-state index contributed by atoms with van der Waals surface area (Å²) in [5.41, 5.74) is -10.5. The van der Waals surface area contributed by atoms with Crippen LogP contribution in [0.3, 0.4) is 0 Å². The Labute approximate surface area is 257 Å². The molecule has 0 N–H and O–H groups in total. The highest BCUT2D eigenvalue weighted by Gasteiger charge is 2.44. The molecule has 0 saturated heterocycles. The Hall–Kier alpha value is -7.74. The number of nitrogens with zero attached hydrogens (tertiary/aromatic N) is 8. The van der Waals surface area contributed by atoms with E-state index >= 15 is 17.6 Å². The summed E-state index contributed by atoms with van der Waals surface area (Å²) in [5.74, 6) is -6.28. The zero-order chi connectivity index (χ0) is 33.4. The standard InChI is InChI=1S/C34H6F4N8/c1-46-34(20-6-17(10-41)3-18(7-20)11-42)29-28-26(23(14-45)31(29)36)32(37)27-24(30(35)22(13-44)25(27)33(28)38)21(12-43)19-4-15(8-39)2-16(5-19)9-40/h2-7H/b24-21-,34-29+. The number of benzene rings is 3. The molecule has 46 heavy (non-hydrogen) atoms. The Bertz CT molecular complexity index is 2250. The van der Waals surface area contributed by atoms with Crippen LogP contribution in [0, 0.1) is 97.5 Å². The van der Waals surface area contributed by atoms with Crippen molar-refractivity contribution >= 4 is 33.6 Å². The molecule has 0 spiro atoms. The minimum atomic E-state index is -1.60. The molecule has 5 rings (SSSR count). The van der Waals surface area contributed by atoms with E-state index in [4.69, 9.17) is 6.57 Å². The summed E-state index contributed by atoms with van der Waals surface area (Å²) in [5, 5.41) is 67.2. The maximum Gasteiger partial charge on any atom is 0.205 e. The van der Waals surface area contributed by atoms with E-state index in [0.29, 0.717) is 0 Å². The van der Waals surface area contributed by atoms with Crippen LogP contribution < -0.4 is 0 Å². The van der Waals surface area contributed by atoms with E-state index in [0.717, 1.165) is 36.4 Å². The third kappa shape index (κ3) is 4.15. The summed E-state index contributed by atoms with van der Waals surface area (Å²) in [7, 11) is 0. The SMILES string of the molecule is [C-]#[N+]/C(=C1/C(F)=C(C#N)c2c(F)c3c(c(F)c21)C(C#N)=C(F)/C3=C(/C#N)c1cc(C#N)cc(C#N)c1)c1cc(C#N)cc(C#N)c1. The summed E-state index contributed by atoms with van der Waals surface area (Å²) in [6.07, 6.45) is 0. The first-order valence-electron chi connectivity index (χ1n) is 12.5. The molecule has 0 fully saturated rings. The number of halogens is 4. The molecular weight excluding hydrogens is 596 g/mol. The van der Waals surface area contributed by atoms with E-state index in [2.05, 4.69) is 4.85 Å². The molecule has 0 radical (unpaired) electrons. The van der Waals surface area contributed by atoms with Crippen LogP contribution in [0.2, 0.25) is 0 Å². The van der Waals surface area contributed by atoms with E-state index in [-0.39, 0.29) is 33.4 Å². The van der Waals surface area contributed by atoms with Crippen molar-refractivity contribution in [1.82, 2.24) is 0 Å². The van der Waals surface area contributed by atoms with E-state index in [1.54, 1.807) is 30.3 Å². The fourth-order valence-corrected chi connectivity index (χ4v) is 5.31. The number of rotatable bonds is 2. The van der Waals surface area contributed by atoms with Crippen molar-refractivity contribution in [3.8, 4) is 42.5 Å². The third-order valence-corrected chi connectivity index (χ3v) is 7.13. The Kier molecular flexibility index (Phi) is 7.21. The van der Waals surface area contributed by atoms with Gasteiger partial charge in [-0.05, 0) is 47.5 Å². The third-order valence-electron chi connectivity index (χ3n) is 7.13. The molecule has 12 heteroatoms. The fourth-order valence-electron chi connectivity index (χ4n) is 5.31. The van der Waals surface area contributed by atoms with Gasteiger partial charge in [-0.25, -0.2) is 22.4 Å². The minimum absolute atomic E-state index is 0.130. The van der Waals surface area contributed by atoms with Gasteiger partial charge in [0.1, 0.15) is 35.7 Å². The molecule has 3 aromatic carbocycles. The molecule has 8 nitrogen and oxygen atoms in total. The van der Waals surface area contributed by atoms with Gasteiger partial charge < -0.3 is 0 Å². The zero-order valence-corrected chi connectivity index (χ0v) is 22.6. The van der Waals surface area contributed by atoms with Gasteiger partial charge in [-0.2, -0.15) is 36.8 Å². The second-order valence-electron chi connectivity index (χ2n) is 9.47. The molecule has 210 valence electrons. The topological polar surface area (TPSA) is 171 Å². The van der Waals surface area contributed by atoms with Crippen molar-refractivity contribution in [2.45, 2.75) is 0 Å². The first-order valence-corrected chi connectivity index (χ1v) is 12.5. The van der Waals surface area contributed by atoms with Gasteiger partial charge in [-0.15, -0.1) is 0 Å². The average molecular weight is 602 g/mol. The molecular formula is C34H6F4N8. The predicted octanol–water partition coefficient (Wildman–Crippen LogP) is 7.11. The van der Waals surface area contributed by atoms with Gasteiger partial charge in [0.25, 0.3) is 0 Å². The monoisotopic (exact) mass is 602 g/mol. The molecule has 0 unspecified atom stereocenters. The van der Waals surface area contributed by atoms with Crippen LogP contribution in [0.15, 0.2) is 48.1 Å². The Morgan fingerprint density at radius 2 is 0.913 bits per heavy atom. The quantitative estimate of drug-likeness (QED) is 0.171. The number of allylic oxidation sites excluding steroid dienone is 7. The minimum Gasteiger partial charge on any atom is -0.237 e. The Morgan fingerprint density at radius 3 is 1.28 bits per heavy atom. The van der Waals surface area contributed by atoms with Crippen molar-refractivity contribution in [3.63, 3.8) is 0 Å². The molecule has 3 aromatic rings. The van der Waals surface area contributed by atoms with Crippen LogP contribution in [0.5, 0.6) is 0 Å². The predicted molar refractivity (Wildman–Crippen MR) is 151 cm³/mol. The van der Waals surface area contributed by atoms with E-state index in [1.807, 2.05) is 0 Å². The largest absolute Gasteiger partial charge is 0.237 e. The Balaban J connectivity index is 1.97. The van der Waals surface area contributed by atoms with Crippen LogP contribution in [-0.4, -0.2) is 0 Å². The molecule has 2 aliphatic carbocycles. The maximum atomic E-state index is 16.6. The number of nitriles is 7. The van der Waals surface area contributed by atoms with E-state index in [9.17, 15) is 36.8 Å². The summed E-state index contributed by atoms with van der Waals surface area (Å²) in [4.78, 5) is 3.24. The van der Waals surface area contributed by atoms with Crippen LogP contribution in [0.1, 0.15) is 55.6 Å². The molecule has 0 aliphatic heterocycles. The van der Waals surface area contributed by atoms with E-state index < -0.39 is 79.1 Å². The van der Waals surface area contributed by atoms with E-state index in [1.165, 1.54) is 12.1 Å². The summed E-state index contributed by atoms with van der Waals surface area (Å²) < 4.78 is 65.3. The van der Waals surface area contributed by atoms with Crippen molar-refractivity contribution in [3.05, 3.63) is 127 Å². The lowest BCUT2D eigenvalue weighted by molar-refractivity contribution is 0.590. The number of hydrogen-bond donors (Lipinski definition) is 0. The molecule has 0 heterocycles. The van der Waals surface area contributed by atoms with Gasteiger partial charge in [0.15, 0.2) is 5.83 Å².